The molecule has 2 aromatic rings. The van der Waals surface area contributed by atoms with Crippen molar-refractivity contribution in [1.29, 1.82) is 0 Å². The van der Waals surface area contributed by atoms with Crippen LogP contribution in [0.5, 0.6) is 0 Å². The summed E-state index contributed by atoms with van der Waals surface area (Å²) in [4.78, 5) is 11.7. The van der Waals surface area contributed by atoms with Gasteiger partial charge in [-0.15, -0.1) is 0 Å². The zero-order valence-electron chi connectivity index (χ0n) is 10.6. The Morgan fingerprint density at radius 2 is 1.81 bits per heavy atom. The number of hydrogen-bond donors (Lipinski definition) is 1. The molecular weight excluding hydrogens is 290 g/mol. The molecule has 1 aromatic carbocycles. The molecule has 1 amide bonds. The number of anilines is 1. The van der Waals surface area contributed by atoms with E-state index in [1.165, 1.54) is 0 Å². The van der Waals surface area contributed by atoms with Crippen LogP contribution in [0.15, 0.2) is 36.4 Å². The van der Waals surface area contributed by atoms with Gasteiger partial charge in [-0.2, -0.15) is 5.10 Å². The first-order chi connectivity index (χ1) is 9.97. The molecule has 0 aliphatic heterocycles. The Kier molecular flexibility index (Phi) is 4.56. The summed E-state index contributed by atoms with van der Waals surface area (Å²) >= 11 is 0. The van der Waals surface area contributed by atoms with E-state index in [2.05, 4.69) is 10.4 Å². The van der Waals surface area contributed by atoms with Gasteiger partial charge >= 0.3 is 0 Å². The minimum atomic E-state index is -2.99. The SMILES string of the molecule is O=C(Cn1nc(C(F)F)cc1C(F)F)Nc1ccccc1. The highest BCUT2D eigenvalue weighted by Gasteiger charge is 2.22. The molecule has 0 radical (unpaired) electrons. The average molecular weight is 301 g/mol. The maximum absolute atomic E-state index is 12.7. The van der Waals surface area contributed by atoms with Gasteiger partial charge in [0.1, 0.15) is 17.9 Å². The van der Waals surface area contributed by atoms with Crippen molar-refractivity contribution in [2.45, 2.75) is 19.4 Å². The van der Waals surface area contributed by atoms with Gasteiger partial charge in [0.25, 0.3) is 12.9 Å². The lowest BCUT2D eigenvalue weighted by molar-refractivity contribution is -0.117. The van der Waals surface area contributed by atoms with E-state index in [9.17, 15) is 22.4 Å². The van der Waals surface area contributed by atoms with Crippen LogP contribution in [0.1, 0.15) is 24.2 Å². The van der Waals surface area contributed by atoms with Gasteiger partial charge in [-0.1, -0.05) is 18.2 Å². The third-order valence-electron chi connectivity index (χ3n) is 2.63. The topological polar surface area (TPSA) is 46.9 Å². The minimum Gasteiger partial charge on any atom is -0.324 e. The number of halogens is 4. The second kappa shape index (κ2) is 6.38. The standard InChI is InChI=1S/C13H11F4N3O/c14-12(15)9-6-10(13(16)17)20(19-9)7-11(21)18-8-4-2-1-3-5-8/h1-6,12-13H,7H2,(H,18,21). The van der Waals surface area contributed by atoms with Gasteiger partial charge in [0.05, 0.1) is 0 Å². The number of nitrogens with zero attached hydrogens (tertiary/aromatic N) is 2. The van der Waals surface area contributed by atoms with Crippen LogP contribution in [0.3, 0.4) is 0 Å². The van der Waals surface area contributed by atoms with Crippen molar-refractivity contribution in [1.82, 2.24) is 9.78 Å². The lowest BCUT2D eigenvalue weighted by Gasteiger charge is -2.07. The van der Waals surface area contributed by atoms with Gasteiger partial charge < -0.3 is 5.32 Å². The van der Waals surface area contributed by atoms with Crippen molar-refractivity contribution in [2.75, 3.05) is 5.32 Å². The summed E-state index contributed by atoms with van der Waals surface area (Å²) in [6.45, 7) is -0.568. The molecule has 8 heteroatoms. The number of rotatable bonds is 5. The number of hydrogen-bond acceptors (Lipinski definition) is 2. The zero-order valence-corrected chi connectivity index (χ0v) is 10.6. The summed E-state index contributed by atoms with van der Waals surface area (Å²) in [6.07, 6.45) is -5.96. The van der Waals surface area contributed by atoms with Crippen LogP contribution < -0.4 is 5.32 Å². The third-order valence-corrected chi connectivity index (χ3v) is 2.63. The van der Waals surface area contributed by atoms with Gasteiger partial charge in [-0.05, 0) is 18.2 Å². The van der Waals surface area contributed by atoms with E-state index in [0.29, 0.717) is 16.4 Å². The van der Waals surface area contributed by atoms with Crippen LogP contribution in [-0.4, -0.2) is 15.7 Å². The molecule has 112 valence electrons. The van der Waals surface area contributed by atoms with Crippen LogP contribution in [-0.2, 0) is 11.3 Å². The second-order valence-electron chi connectivity index (χ2n) is 4.17. The summed E-state index contributed by atoms with van der Waals surface area (Å²) in [5.74, 6) is -0.632. The van der Waals surface area contributed by atoms with Gasteiger partial charge in [0.15, 0.2) is 0 Å². The minimum absolute atomic E-state index is 0.474. The van der Waals surface area contributed by atoms with E-state index >= 15 is 0 Å². The first-order valence-electron chi connectivity index (χ1n) is 5.96. The first kappa shape index (κ1) is 15.0. The number of aromatic nitrogens is 2. The van der Waals surface area contributed by atoms with E-state index in [1.54, 1.807) is 30.3 Å². The van der Waals surface area contributed by atoms with E-state index in [-0.39, 0.29) is 0 Å². The summed E-state index contributed by atoms with van der Waals surface area (Å²) in [7, 11) is 0. The van der Waals surface area contributed by atoms with Crippen LogP contribution in [0.4, 0.5) is 23.2 Å². The predicted molar refractivity (Wildman–Crippen MR) is 67.2 cm³/mol. The van der Waals surface area contributed by atoms with Crippen molar-refractivity contribution in [3.05, 3.63) is 47.8 Å². The van der Waals surface area contributed by atoms with E-state index in [0.717, 1.165) is 0 Å². The number of nitrogens with one attached hydrogen (secondary N) is 1. The monoisotopic (exact) mass is 301 g/mol. The lowest BCUT2D eigenvalue weighted by Crippen LogP contribution is -2.21. The van der Waals surface area contributed by atoms with Crippen molar-refractivity contribution in [3.8, 4) is 0 Å². The fourth-order valence-corrected chi connectivity index (χ4v) is 1.72. The van der Waals surface area contributed by atoms with E-state index in [1.807, 2.05) is 0 Å². The molecule has 4 nitrogen and oxygen atoms in total. The van der Waals surface area contributed by atoms with Crippen molar-refractivity contribution in [2.24, 2.45) is 0 Å². The molecule has 2 rings (SSSR count). The third kappa shape index (κ3) is 3.80. The fourth-order valence-electron chi connectivity index (χ4n) is 1.72. The van der Waals surface area contributed by atoms with Crippen LogP contribution >= 0.6 is 0 Å². The normalized spacial score (nSPS) is 11.1. The first-order valence-corrected chi connectivity index (χ1v) is 5.96. The average Bonchev–Trinajstić information content (AvgIpc) is 2.84. The van der Waals surface area contributed by atoms with Crippen molar-refractivity contribution >= 4 is 11.6 Å². The summed E-state index contributed by atoms with van der Waals surface area (Å²) in [6, 6.07) is 8.93. The van der Waals surface area contributed by atoms with Gasteiger partial charge in [0.2, 0.25) is 5.91 Å². The molecule has 1 aromatic heterocycles. The molecule has 21 heavy (non-hydrogen) atoms. The molecule has 1 N–H and O–H groups in total. The molecule has 0 fully saturated rings. The second-order valence-corrected chi connectivity index (χ2v) is 4.17. The molecule has 1 heterocycles. The Labute approximate surface area is 117 Å². The molecule has 0 spiro atoms. The van der Waals surface area contributed by atoms with E-state index in [4.69, 9.17) is 0 Å². The molecular formula is C13H11F4N3O. The molecule has 0 aliphatic rings. The highest BCUT2D eigenvalue weighted by molar-refractivity contribution is 5.90. The zero-order chi connectivity index (χ0) is 15.4. The number of carbonyl (C=O) groups is 1. The highest BCUT2D eigenvalue weighted by Crippen LogP contribution is 2.25. The number of benzene rings is 1. The van der Waals surface area contributed by atoms with Gasteiger partial charge in [0, 0.05) is 5.69 Å². The molecule has 0 atom stereocenters. The largest absolute Gasteiger partial charge is 0.324 e. The number of amides is 1. The molecule has 0 saturated carbocycles. The summed E-state index contributed by atoms with van der Waals surface area (Å²) in [5.41, 5.74) is -1.02. The predicted octanol–water partition coefficient (Wildman–Crippen LogP) is 3.40. The Hall–Kier alpha value is -2.38. The van der Waals surface area contributed by atoms with Crippen LogP contribution in [0.2, 0.25) is 0 Å². The van der Waals surface area contributed by atoms with Crippen LogP contribution in [0, 0.1) is 0 Å². The van der Waals surface area contributed by atoms with Gasteiger partial charge in [-0.3, -0.25) is 9.48 Å². The quantitative estimate of drug-likeness (QED) is 0.860. The summed E-state index contributed by atoms with van der Waals surface area (Å²) in [5, 5.41) is 5.80. The maximum Gasteiger partial charge on any atom is 0.282 e. The number of carbonyl (C=O) groups excluding carboxylic acids is 1. The Bertz CT molecular complexity index is 613. The van der Waals surface area contributed by atoms with E-state index < -0.39 is 36.7 Å². The number of alkyl halides is 4. The smallest absolute Gasteiger partial charge is 0.282 e. The highest BCUT2D eigenvalue weighted by atomic mass is 19.3. The fraction of sp³-hybridized carbons (Fsp3) is 0.231. The summed E-state index contributed by atoms with van der Waals surface area (Å²) < 4.78 is 51.0. The van der Waals surface area contributed by atoms with Crippen molar-refractivity contribution < 1.29 is 22.4 Å². The van der Waals surface area contributed by atoms with Crippen molar-refractivity contribution in [3.63, 3.8) is 0 Å². The van der Waals surface area contributed by atoms with Gasteiger partial charge in [-0.25, -0.2) is 17.6 Å². The Morgan fingerprint density at radius 1 is 1.14 bits per heavy atom. The molecule has 0 bridgehead atoms. The molecule has 0 unspecified atom stereocenters. The molecule has 0 saturated heterocycles. The Morgan fingerprint density at radius 3 is 2.38 bits per heavy atom. The lowest BCUT2D eigenvalue weighted by atomic mass is 10.3. The van der Waals surface area contributed by atoms with Crippen LogP contribution in [0.25, 0.3) is 0 Å². The maximum atomic E-state index is 12.7. The molecule has 0 aliphatic carbocycles. The number of para-hydroxylation sites is 1. The Balaban J connectivity index is 2.13.